The SMILES string of the molecule is CC(COC(=O)N1CCC(n2c(=O)[nH]c3ccccc32)CC1)N(CCCc1ccccc1)Cc1ccccc1.Cl. The van der Waals surface area contributed by atoms with Gasteiger partial charge in [-0.2, -0.15) is 0 Å². The molecule has 8 heteroatoms. The number of fused-ring (bicyclic) bond motifs is 1. The van der Waals surface area contributed by atoms with E-state index in [9.17, 15) is 9.59 Å². The molecule has 1 aromatic heterocycles. The van der Waals surface area contributed by atoms with Crippen LogP contribution in [-0.2, 0) is 17.7 Å². The van der Waals surface area contributed by atoms with Crippen molar-refractivity contribution in [2.24, 2.45) is 0 Å². The fourth-order valence-electron chi connectivity index (χ4n) is 5.54. The van der Waals surface area contributed by atoms with Crippen molar-refractivity contribution >= 4 is 29.5 Å². The topological polar surface area (TPSA) is 70.6 Å². The van der Waals surface area contributed by atoms with Crippen molar-refractivity contribution in [3.63, 3.8) is 0 Å². The highest BCUT2D eigenvalue weighted by atomic mass is 35.5. The minimum Gasteiger partial charge on any atom is -0.448 e. The van der Waals surface area contributed by atoms with Gasteiger partial charge in [0.05, 0.1) is 11.0 Å². The third-order valence-corrected chi connectivity index (χ3v) is 7.77. The van der Waals surface area contributed by atoms with Gasteiger partial charge in [0.25, 0.3) is 0 Å². The lowest BCUT2D eigenvalue weighted by Crippen LogP contribution is -2.43. The Morgan fingerprint density at radius 1 is 0.950 bits per heavy atom. The molecule has 212 valence electrons. The molecule has 0 aliphatic carbocycles. The van der Waals surface area contributed by atoms with Crippen LogP contribution in [0.5, 0.6) is 0 Å². The number of para-hydroxylation sites is 2. The number of hydrogen-bond donors (Lipinski definition) is 1. The van der Waals surface area contributed by atoms with Crippen LogP contribution < -0.4 is 5.69 Å². The molecule has 0 spiro atoms. The molecule has 3 aromatic carbocycles. The number of hydrogen-bond acceptors (Lipinski definition) is 4. The number of halogens is 1. The molecule has 7 nitrogen and oxygen atoms in total. The van der Waals surface area contributed by atoms with Crippen LogP contribution in [0.1, 0.15) is 43.4 Å². The summed E-state index contributed by atoms with van der Waals surface area (Å²) < 4.78 is 7.66. The molecule has 0 radical (unpaired) electrons. The summed E-state index contributed by atoms with van der Waals surface area (Å²) in [6, 6.07) is 28.9. The highest BCUT2D eigenvalue weighted by molar-refractivity contribution is 5.85. The van der Waals surface area contributed by atoms with Crippen LogP contribution in [0.15, 0.2) is 89.7 Å². The van der Waals surface area contributed by atoms with Gasteiger partial charge in [0.15, 0.2) is 0 Å². The smallest absolute Gasteiger partial charge is 0.409 e. The summed E-state index contributed by atoms with van der Waals surface area (Å²) in [5.74, 6) is 0. The Bertz CT molecular complexity index is 1400. The Morgan fingerprint density at radius 3 is 2.27 bits per heavy atom. The molecule has 1 aliphatic heterocycles. The van der Waals surface area contributed by atoms with Gasteiger partial charge < -0.3 is 14.6 Å². The monoisotopic (exact) mass is 562 g/mol. The summed E-state index contributed by atoms with van der Waals surface area (Å²) in [7, 11) is 0. The van der Waals surface area contributed by atoms with Gasteiger partial charge in [0, 0.05) is 31.7 Å². The van der Waals surface area contributed by atoms with E-state index >= 15 is 0 Å². The van der Waals surface area contributed by atoms with Gasteiger partial charge in [-0.05, 0) is 62.4 Å². The molecular formula is C32H39ClN4O3. The van der Waals surface area contributed by atoms with E-state index in [-0.39, 0.29) is 36.3 Å². The second-order valence-electron chi connectivity index (χ2n) is 10.5. The number of carbonyl (C=O) groups is 1. The number of amides is 1. The second kappa shape index (κ2) is 14.2. The predicted octanol–water partition coefficient (Wildman–Crippen LogP) is 6.05. The number of carbonyl (C=O) groups excluding carboxylic acids is 1. The minimum absolute atomic E-state index is 0. The van der Waals surface area contributed by atoms with Crippen molar-refractivity contribution in [1.29, 1.82) is 0 Å². The van der Waals surface area contributed by atoms with Gasteiger partial charge in [-0.3, -0.25) is 9.47 Å². The van der Waals surface area contributed by atoms with Crippen molar-refractivity contribution in [2.45, 2.75) is 51.2 Å². The van der Waals surface area contributed by atoms with Crippen LogP contribution >= 0.6 is 12.4 Å². The van der Waals surface area contributed by atoms with E-state index in [0.717, 1.165) is 49.8 Å². The highest BCUT2D eigenvalue weighted by Crippen LogP contribution is 2.25. The summed E-state index contributed by atoms with van der Waals surface area (Å²) in [4.78, 5) is 32.7. The molecule has 4 aromatic rings. The maximum Gasteiger partial charge on any atom is 0.409 e. The maximum atomic E-state index is 13.0. The average Bonchev–Trinajstić information content (AvgIpc) is 3.32. The van der Waals surface area contributed by atoms with Crippen LogP contribution in [0.4, 0.5) is 4.79 Å². The summed E-state index contributed by atoms with van der Waals surface area (Å²) in [5, 5.41) is 0. The maximum absolute atomic E-state index is 13.0. The van der Waals surface area contributed by atoms with Gasteiger partial charge in [-0.25, -0.2) is 9.59 Å². The molecule has 1 fully saturated rings. The number of piperidine rings is 1. The Balaban J connectivity index is 0.00000370. The number of benzene rings is 3. The van der Waals surface area contributed by atoms with Crippen LogP contribution in [0, 0.1) is 0 Å². The molecule has 5 rings (SSSR count). The zero-order chi connectivity index (χ0) is 27.0. The molecule has 0 bridgehead atoms. The van der Waals surface area contributed by atoms with Crippen LogP contribution in [-0.4, -0.2) is 57.7 Å². The first-order chi connectivity index (χ1) is 19.1. The van der Waals surface area contributed by atoms with Gasteiger partial charge in [-0.15, -0.1) is 12.4 Å². The first-order valence-corrected chi connectivity index (χ1v) is 14.0. The number of aryl methyl sites for hydroxylation is 1. The fourth-order valence-corrected chi connectivity index (χ4v) is 5.54. The van der Waals surface area contributed by atoms with Gasteiger partial charge in [-0.1, -0.05) is 72.8 Å². The summed E-state index contributed by atoms with van der Waals surface area (Å²) in [6.07, 6.45) is 3.25. The zero-order valence-corrected chi connectivity index (χ0v) is 23.9. The van der Waals surface area contributed by atoms with Gasteiger partial charge in [0.2, 0.25) is 0 Å². The van der Waals surface area contributed by atoms with E-state index in [2.05, 4.69) is 65.3 Å². The van der Waals surface area contributed by atoms with Crippen molar-refractivity contribution in [1.82, 2.24) is 19.4 Å². The van der Waals surface area contributed by atoms with E-state index < -0.39 is 0 Å². The van der Waals surface area contributed by atoms with Crippen molar-refractivity contribution in [3.05, 3.63) is 107 Å². The number of nitrogens with one attached hydrogen (secondary N) is 1. The number of ether oxygens (including phenoxy) is 1. The standard InChI is InChI=1S/C32H38N4O3.ClH/c1-25(35(23-27-13-6-3-7-14-27)20-10-15-26-11-4-2-5-12-26)24-39-32(38)34-21-18-28(19-22-34)36-30-17-9-8-16-29(30)33-31(36)37;/h2-9,11-14,16-17,25,28H,10,15,18-24H2,1H3,(H,33,37);1H. The number of nitrogens with zero attached hydrogens (tertiary/aromatic N) is 3. The number of likely N-dealkylation sites (tertiary alicyclic amines) is 1. The Hall–Kier alpha value is -3.55. The lowest BCUT2D eigenvalue weighted by Gasteiger charge is -2.33. The number of rotatable bonds is 10. The van der Waals surface area contributed by atoms with Gasteiger partial charge >= 0.3 is 11.8 Å². The predicted molar refractivity (Wildman–Crippen MR) is 162 cm³/mol. The van der Waals surface area contributed by atoms with Crippen molar-refractivity contribution in [2.75, 3.05) is 26.2 Å². The molecule has 1 unspecified atom stereocenters. The average molecular weight is 563 g/mol. The van der Waals surface area contributed by atoms with Crippen LogP contribution in [0.2, 0.25) is 0 Å². The van der Waals surface area contributed by atoms with Crippen molar-refractivity contribution < 1.29 is 9.53 Å². The second-order valence-corrected chi connectivity index (χ2v) is 10.5. The Kier molecular flexibility index (Phi) is 10.4. The molecule has 0 saturated carbocycles. The first-order valence-electron chi connectivity index (χ1n) is 14.0. The Morgan fingerprint density at radius 2 is 1.57 bits per heavy atom. The summed E-state index contributed by atoms with van der Waals surface area (Å²) >= 11 is 0. The molecule has 1 N–H and O–H groups in total. The van der Waals surface area contributed by atoms with Crippen LogP contribution in [0.3, 0.4) is 0 Å². The number of aromatic nitrogens is 2. The quantitative estimate of drug-likeness (QED) is 0.255. The fraction of sp³-hybridized carbons (Fsp3) is 0.375. The lowest BCUT2D eigenvalue weighted by molar-refractivity contribution is 0.0585. The van der Waals surface area contributed by atoms with E-state index in [4.69, 9.17) is 4.74 Å². The van der Waals surface area contributed by atoms with Crippen molar-refractivity contribution in [3.8, 4) is 0 Å². The molecule has 1 amide bonds. The van der Waals surface area contributed by atoms with E-state index in [1.807, 2.05) is 41.0 Å². The molecule has 1 atom stereocenters. The van der Waals surface area contributed by atoms with Gasteiger partial charge in [0.1, 0.15) is 6.61 Å². The zero-order valence-electron chi connectivity index (χ0n) is 23.1. The molecule has 2 heterocycles. The Labute approximate surface area is 242 Å². The number of imidazole rings is 1. The third-order valence-electron chi connectivity index (χ3n) is 7.77. The number of H-pyrrole nitrogens is 1. The largest absolute Gasteiger partial charge is 0.448 e. The summed E-state index contributed by atoms with van der Waals surface area (Å²) in [5.41, 5.74) is 4.28. The lowest BCUT2D eigenvalue weighted by atomic mass is 10.0. The highest BCUT2D eigenvalue weighted by Gasteiger charge is 2.27. The van der Waals surface area contributed by atoms with E-state index in [1.165, 1.54) is 11.1 Å². The molecule has 1 aliphatic rings. The van der Waals surface area contributed by atoms with E-state index in [1.54, 1.807) is 4.90 Å². The van der Waals surface area contributed by atoms with Crippen LogP contribution in [0.25, 0.3) is 11.0 Å². The first kappa shape index (κ1) is 29.4. The molecular weight excluding hydrogens is 524 g/mol. The summed E-state index contributed by atoms with van der Waals surface area (Å²) in [6.45, 7) is 5.38. The molecule has 1 saturated heterocycles. The minimum atomic E-state index is -0.268. The third kappa shape index (κ3) is 7.34. The number of aromatic amines is 1. The van der Waals surface area contributed by atoms with E-state index in [0.29, 0.717) is 19.7 Å². The normalized spacial score (nSPS) is 14.7. The molecule has 40 heavy (non-hydrogen) atoms.